The molecule has 0 bridgehead atoms. The Morgan fingerprint density at radius 3 is 1.09 bits per heavy atom. The van der Waals surface area contributed by atoms with Gasteiger partial charge in [-0.3, -0.25) is 0 Å². The summed E-state index contributed by atoms with van der Waals surface area (Å²) in [5.41, 5.74) is 4.19. The van der Waals surface area contributed by atoms with Crippen molar-refractivity contribution in [1.29, 1.82) is 0 Å². The summed E-state index contributed by atoms with van der Waals surface area (Å²) in [5.74, 6) is 0. The van der Waals surface area contributed by atoms with Gasteiger partial charge in [-0.2, -0.15) is 6.32 Å². The maximum atomic E-state index is 2.29. The fourth-order valence-electron chi connectivity index (χ4n) is 6.15. The molecule has 3 aromatic rings. The van der Waals surface area contributed by atoms with Crippen LogP contribution >= 0.6 is 0 Å². The molecule has 0 atom stereocenters. The Balaban J connectivity index is 0.000000304. The number of hydrogen-bond acceptors (Lipinski definition) is 0. The van der Waals surface area contributed by atoms with Crippen LogP contribution in [-0.2, 0) is 5.41 Å². The summed E-state index contributed by atoms with van der Waals surface area (Å²) in [5, 5.41) is 0. The second-order valence-electron chi connectivity index (χ2n) is 13.2. The zero-order chi connectivity index (χ0) is 31.1. The molecule has 0 saturated heterocycles. The number of rotatable bonds is 21. The summed E-state index contributed by atoms with van der Waals surface area (Å²) in [6.45, 7) is 3.63. The van der Waals surface area contributed by atoms with Gasteiger partial charge in [0.2, 0.25) is 0 Å². The Labute approximate surface area is 268 Å². The third kappa shape index (κ3) is 14.8. The van der Waals surface area contributed by atoms with Crippen molar-refractivity contribution in [1.82, 2.24) is 0 Å². The van der Waals surface area contributed by atoms with Gasteiger partial charge in [-0.05, 0) is 43.8 Å². The van der Waals surface area contributed by atoms with E-state index in [9.17, 15) is 0 Å². The molecule has 0 radical (unpaired) electrons. The summed E-state index contributed by atoms with van der Waals surface area (Å²) in [4.78, 5) is 0. The number of hydrogen-bond donors (Lipinski definition) is 0. The van der Waals surface area contributed by atoms with Crippen molar-refractivity contribution in [3.63, 3.8) is 0 Å². The van der Waals surface area contributed by atoms with Crippen LogP contribution in [0.1, 0.15) is 126 Å². The number of unbranched alkanes of at least 4 members (excludes halogenated alkanes) is 13. The zero-order valence-electron chi connectivity index (χ0n) is 27.8. The highest BCUT2D eigenvalue weighted by Crippen LogP contribution is 2.43. The fourth-order valence-corrected chi connectivity index (χ4v) is 6.15. The van der Waals surface area contributed by atoms with Gasteiger partial charge in [0.1, 0.15) is 0 Å². The van der Waals surface area contributed by atoms with Crippen molar-refractivity contribution in [3.05, 3.63) is 108 Å². The molecule has 2 heteroatoms. The van der Waals surface area contributed by atoms with Crippen LogP contribution in [0.5, 0.6) is 0 Å². The lowest BCUT2D eigenvalue weighted by molar-refractivity contribution is -0.870. The molecule has 0 fully saturated rings. The van der Waals surface area contributed by atoms with Crippen molar-refractivity contribution in [2.75, 3.05) is 27.7 Å². The molecule has 0 spiro atoms. The number of quaternary nitrogens is 1. The van der Waals surface area contributed by atoms with E-state index in [1.54, 1.807) is 0 Å². The molecule has 43 heavy (non-hydrogen) atoms. The van der Waals surface area contributed by atoms with E-state index in [0.717, 1.165) is 4.48 Å². The first-order chi connectivity index (χ1) is 20.9. The predicted octanol–water partition coefficient (Wildman–Crippen LogP) is 10.8. The van der Waals surface area contributed by atoms with Gasteiger partial charge in [0.15, 0.2) is 0 Å². The first kappa shape index (κ1) is 36.9. The van der Waals surface area contributed by atoms with Gasteiger partial charge >= 0.3 is 0 Å². The molecule has 0 N–H and O–H groups in total. The van der Waals surface area contributed by atoms with E-state index in [0.29, 0.717) is 7.85 Å². The highest BCUT2D eigenvalue weighted by atomic mass is 15.3. The van der Waals surface area contributed by atoms with Crippen molar-refractivity contribution in [2.45, 2.75) is 121 Å². The third-order valence-corrected chi connectivity index (χ3v) is 8.53. The highest BCUT2D eigenvalue weighted by molar-refractivity contribution is 6.08. The molecular weight excluding hydrogens is 517 g/mol. The maximum absolute atomic E-state index is 2.29. The molecule has 0 aromatic heterocycles. The van der Waals surface area contributed by atoms with Crippen molar-refractivity contribution in [3.8, 4) is 0 Å². The van der Waals surface area contributed by atoms with Crippen LogP contribution in [-0.4, -0.2) is 40.0 Å². The van der Waals surface area contributed by atoms with E-state index in [1.165, 1.54) is 132 Å². The van der Waals surface area contributed by atoms with Gasteiger partial charge in [0, 0.05) is 5.41 Å². The molecule has 0 aliphatic rings. The average molecular weight is 584 g/mol. The van der Waals surface area contributed by atoms with E-state index in [-0.39, 0.29) is 5.41 Å². The second-order valence-corrected chi connectivity index (χ2v) is 13.2. The van der Waals surface area contributed by atoms with Crippen LogP contribution in [0.15, 0.2) is 91.0 Å². The largest absolute Gasteiger partial charge is 0.331 e. The van der Waals surface area contributed by atoms with Crippen LogP contribution < -0.4 is 0 Å². The monoisotopic (exact) mass is 584 g/mol. The van der Waals surface area contributed by atoms with E-state index < -0.39 is 0 Å². The molecule has 1 nitrogen and oxygen atoms in total. The first-order valence-corrected chi connectivity index (χ1v) is 17.2. The molecular formula is C41H66BN. The minimum Gasteiger partial charge on any atom is -0.331 e. The van der Waals surface area contributed by atoms with Crippen molar-refractivity contribution < 1.29 is 4.48 Å². The third-order valence-electron chi connectivity index (χ3n) is 8.53. The summed E-state index contributed by atoms with van der Waals surface area (Å²) >= 11 is 0. The lowest BCUT2D eigenvalue weighted by Gasteiger charge is -2.36. The Kier molecular flexibility index (Phi) is 19.1. The first-order valence-electron chi connectivity index (χ1n) is 17.2. The quantitative estimate of drug-likeness (QED) is 0.0506. The molecule has 0 unspecified atom stereocenters. The van der Waals surface area contributed by atoms with E-state index in [2.05, 4.69) is 119 Å². The fraction of sp³-hybridized carbons (Fsp3) is 0.561. The Morgan fingerprint density at radius 1 is 0.465 bits per heavy atom. The molecule has 238 valence electrons. The average Bonchev–Trinajstić information content (AvgIpc) is 3.03. The van der Waals surface area contributed by atoms with Crippen LogP contribution in [0, 0.1) is 0 Å². The Morgan fingerprint density at radius 2 is 0.791 bits per heavy atom. The van der Waals surface area contributed by atoms with Gasteiger partial charge in [-0.25, -0.2) is 0 Å². The van der Waals surface area contributed by atoms with E-state index in [1.807, 2.05) is 0 Å². The van der Waals surface area contributed by atoms with Crippen molar-refractivity contribution >= 4 is 7.85 Å². The molecule has 0 aliphatic carbocycles. The minimum atomic E-state index is -0.0297. The molecule has 0 aliphatic heterocycles. The number of benzene rings is 3. The Hall–Kier alpha value is -2.32. The lowest BCUT2D eigenvalue weighted by atomic mass is 9.66. The zero-order valence-corrected chi connectivity index (χ0v) is 27.8. The van der Waals surface area contributed by atoms with E-state index in [4.69, 9.17) is 0 Å². The molecule has 3 rings (SSSR count). The van der Waals surface area contributed by atoms with Gasteiger partial charge in [-0.15, -0.1) is 0 Å². The maximum Gasteiger partial charge on any atom is 0.0780 e. The SMILES string of the molecule is CCCCCCCCCCCCCCCC[N+](C)(C)C.[BH3-]CCCC(c1ccccc1)(c1ccccc1)c1ccccc1. The molecule has 3 aromatic carbocycles. The predicted molar refractivity (Wildman–Crippen MR) is 196 cm³/mol. The smallest absolute Gasteiger partial charge is 0.0780 e. The lowest BCUT2D eigenvalue weighted by Crippen LogP contribution is -2.35. The Bertz CT molecular complexity index is 929. The topological polar surface area (TPSA) is 0 Å². The standard InChI is InChI=1S/C22H24B.C19H42N/c23-18-10-17-22(19-11-4-1-5-12-19,20-13-6-2-7-14-20)21-15-8-3-9-16-21;1-5-6-7-8-9-10-11-12-13-14-15-16-17-18-19-20(2,3)4/h1-9,11-16H,10,17-18H2,23H3;5-19H2,1-4H3/q-1;+1. The summed E-state index contributed by atoms with van der Waals surface area (Å²) in [7, 11) is 7.35. The molecule has 0 heterocycles. The van der Waals surface area contributed by atoms with E-state index >= 15 is 0 Å². The summed E-state index contributed by atoms with van der Waals surface area (Å²) in [6, 6.07) is 33.1. The molecule has 0 amide bonds. The minimum absolute atomic E-state index is 0.0297. The summed E-state index contributed by atoms with van der Waals surface area (Å²) < 4.78 is 1.12. The number of nitrogens with zero attached hydrogens (tertiary/aromatic N) is 1. The van der Waals surface area contributed by atoms with Crippen LogP contribution in [0.25, 0.3) is 0 Å². The van der Waals surface area contributed by atoms with Crippen LogP contribution in [0.4, 0.5) is 0 Å². The van der Waals surface area contributed by atoms with Crippen molar-refractivity contribution in [2.24, 2.45) is 0 Å². The van der Waals surface area contributed by atoms with Gasteiger partial charge < -0.3 is 4.48 Å². The van der Waals surface area contributed by atoms with Crippen LogP contribution in [0.2, 0.25) is 6.32 Å². The summed E-state index contributed by atoms with van der Waals surface area (Å²) in [6.07, 6.45) is 24.3. The van der Waals surface area contributed by atoms with Crippen LogP contribution in [0.3, 0.4) is 0 Å². The van der Waals surface area contributed by atoms with Gasteiger partial charge in [-0.1, -0.05) is 181 Å². The van der Waals surface area contributed by atoms with Gasteiger partial charge in [0.05, 0.1) is 27.7 Å². The second kappa shape index (κ2) is 22.2. The highest BCUT2D eigenvalue weighted by Gasteiger charge is 2.35. The van der Waals surface area contributed by atoms with Gasteiger partial charge in [0.25, 0.3) is 0 Å². The normalized spacial score (nSPS) is 11.7. The molecule has 0 saturated carbocycles.